The largest absolute Gasteiger partial charge is 0.144 e. The average Bonchev–Trinajstić information content (AvgIpc) is 2.98. The molecule has 0 fully saturated rings. The highest BCUT2D eigenvalue weighted by Crippen LogP contribution is 2.36. The van der Waals surface area contributed by atoms with Gasteiger partial charge in [0.25, 0.3) is 0 Å². The van der Waals surface area contributed by atoms with E-state index in [0.717, 1.165) is 0 Å². The first kappa shape index (κ1) is 11.1. The SMILES string of the molecule is c1csc(-c2c3ccccc3[siH]c3ccccc23)c1. The highest BCUT2D eigenvalue weighted by molar-refractivity contribution is 7.13. The minimum absolute atomic E-state index is 0.218. The molecule has 0 radical (unpaired) electrons. The first-order chi connectivity index (χ1) is 9.43. The van der Waals surface area contributed by atoms with Crippen molar-refractivity contribution in [1.82, 2.24) is 0 Å². The summed E-state index contributed by atoms with van der Waals surface area (Å²) in [6.45, 7) is 0. The number of rotatable bonds is 1. The molecule has 0 atom stereocenters. The Morgan fingerprint density at radius 2 is 1.32 bits per heavy atom. The average molecular weight is 276 g/mol. The fraction of sp³-hybridized carbons (Fsp3) is 0. The molecule has 0 aliphatic carbocycles. The number of benzene rings is 2. The summed E-state index contributed by atoms with van der Waals surface area (Å²) in [5, 5.41) is 5.02. The minimum atomic E-state index is 0.218. The summed E-state index contributed by atoms with van der Waals surface area (Å²) in [5.74, 6) is 0. The maximum absolute atomic E-state index is 2.29. The highest BCUT2D eigenvalue weighted by Gasteiger charge is 2.09. The quantitative estimate of drug-likeness (QED) is 0.346. The van der Waals surface area contributed by atoms with Crippen LogP contribution in [0.4, 0.5) is 0 Å². The Bertz CT molecular complexity index is 809. The van der Waals surface area contributed by atoms with Crippen LogP contribution in [0.15, 0.2) is 66.0 Å². The van der Waals surface area contributed by atoms with Crippen LogP contribution in [-0.2, 0) is 0 Å². The summed E-state index contributed by atoms with van der Waals surface area (Å²) in [6.07, 6.45) is 0. The van der Waals surface area contributed by atoms with Crippen molar-refractivity contribution in [3.05, 3.63) is 66.0 Å². The fourth-order valence-electron chi connectivity index (χ4n) is 2.70. The molecule has 2 heterocycles. The smallest absolute Gasteiger partial charge is 0.0401 e. The Balaban J connectivity index is 2.27. The van der Waals surface area contributed by atoms with Crippen molar-refractivity contribution in [3.63, 3.8) is 0 Å². The maximum Gasteiger partial charge on any atom is 0.0401 e. The monoisotopic (exact) mass is 276 g/mol. The van der Waals surface area contributed by atoms with Crippen molar-refractivity contribution in [2.75, 3.05) is 0 Å². The molecule has 0 unspecified atom stereocenters. The molecule has 90 valence electrons. The lowest BCUT2D eigenvalue weighted by Crippen LogP contribution is -1.87. The van der Waals surface area contributed by atoms with Crippen molar-refractivity contribution in [3.8, 4) is 10.4 Å². The van der Waals surface area contributed by atoms with Crippen LogP contribution in [-0.4, -0.2) is 9.12 Å². The molecule has 4 aromatic rings. The number of fused-ring (bicyclic) bond motifs is 2. The first-order valence-electron chi connectivity index (χ1n) is 6.38. The Morgan fingerprint density at radius 1 is 0.684 bits per heavy atom. The van der Waals surface area contributed by atoms with Crippen molar-refractivity contribution >= 4 is 41.2 Å². The van der Waals surface area contributed by atoms with E-state index in [4.69, 9.17) is 0 Å². The Hall–Kier alpha value is -1.77. The standard InChI is InChI=1S/C17H12SSi/c1-3-9-15-12(6-1)17(14-8-5-11-18-14)13-7-2-4-10-16(13)19-15/h1-11,19H. The van der Waals surface area contributed by atoms with Crippen LogP contribution >= 0.6 is 11.3 Å². The van der Waals surface area contributed by atoms with Crippen LogP contribution in [0.2, 0.25) is 0 Å². The molecule has 4 rings (SSSR count). The molecule has 19 heavy (non-hydrogen) atoms. The lowest BCUT2D eigenvalue weighted by molar-refractivity contribution is 1.80. The van der Waals surface area contributed by atoms with Gasteiger partial charge >= 0.3 is 0 Å². The van der Waals surface area contributed by atoms with E-state index in [1.54, 1.807) is 0 Å². The first-order valence-corrected chi connectivity index (χ1v) is 8.41. The molecule has 0 N–H and O–H groups in total. The van der Waals surface area contributed by atoms with Crippen LogP contribution in [0.1, 0.15) is 0 Å². The number of thiophene rings is 1. The summed E-state index contributed by atoms with van der Waals surface area (Å²) < 4.78 is 0. The van der Waals surface area contributed by atoms with Crippen molar-refractivity contribution in [1.29, 1.82) is 0 Å². The van der Waals surface area contributed by atoms with E-state index >= 15 is 0 Å². The van der Waals surface area contributed by atoms with Crippen molar-refractivity contribution < 1.29 is 0 Å². The van der Waals surface area contributed by atoms with Gasteiger partial charge in [-0.05, 0) is 32.2 Å². The Kier molecular flexibility index (Phi) is 2.57. The van der Waals surface area contributed by atoms with Gasteiger partial charge in [0.1, 0.15) is 0 Å². The fourth-order valence-corrected chi connectivity index (χ4v) is 5.04. The predicted molar refractivity (Wildman–Crippen MR) is 87.5 cm³/mol. The van der Waals surface area contributed by atoms with E-state index in [9.17, 15) is 0 Å². The molecule has 0 spiro atoms. The van der Waals surface area contributed by atoms with E-state index < -0.39 is 0 Å². The van der Waals surface area contributed by atoms with E-state index in [-0.39, 0.29) is 9.12 Å². The summed E-state index contributed by atoms with van der Waals surface area (Å²) in [6, 6.07) is 22.1. The summed E-state index contributed by atoms with van der Waals surface area (Å²) in [7, 11) is 0.218. The second-order valence-electron chi connectivity index (χ2n) is 4.67. The second kappa shape index (κ2) is 4.40. The van der Waals surface area contributed by atoms with Crippen LogP contribution in [0, 0.1) is 0 Å². The lowest BCUT2D eigenvalue weighted by Gasteiger charge is -2.10. The van der Waals surface area contributed by atoms with E-state index in [1.807, 2.05) is 11.3 Å². The molecule has 2 aromatic heterocycles. The second-order valence-corrected chi connectivity index (χ2v) is 7.15. The summed E-state index contributed by atoms with van der Waals surface area (Å²) in [5.41, 5.74) is 1.42. The van der Waals surface area contributed by atoms with E-state index in [1.165, 1.54) is 31.2 Å². The van der Waals surface area contributed by atoms with Gasteiger partial charge in [-0.15, -0.1) is 11.3 Å². The Morgan fingerprint density at radius 3 is 1.89 bits per heavy atom. The summed E-state index contributed by atoms with van der Waals surface area (Å²) in [4.78, 5) is 4.41. The zero-order valence-corrected chi connectivity index (χ0v) is 12.3. The molecule has 0 saturated carbocycles. The topological polar surface area (TPSA) is 0 Å². The highest BCUT2D eigenvalue weighted by atomic mass is 32.1. The summed E-state index contributed by atoms with van der Waals surface area (Å²) >= 11 is 1.83. The van der Waals surface area contributed by atoms with Crippen LogP contribution < -0.4 is 0 Å². The van der Waals surface area contributed by atoms with Gasteiger partial charge in [-0.25, -0.2) is 0 Å². The molecular formula is C17H12SSi. The van der Waals surface area contributed by atoms with Gasteiger partial charge in [0.05, 0.1) is 0 Å². The predicted octanol–water partition coefficient (Wildman–Crippen LogP) is 4.79. The lowest BCUT2D eigenvalue weighted by atomic mass is 10.0. The van der Waals surface area contributed by atoms with E-state index in [0.29, 0.717) is 0 Å². The van der Waals surface area contributed by atoms with Crippen molar-refractivity contribution in [2.45, 2.75) is 0 Å². The molecule has 0 amide bonds. The van der Waals surface area contributed by atoms with Gasteiger partial charge in [-0.2, -0.15) is 0 Å². The van der Waals surface area contributed by atoms with Crippen molar-refractivity contribution in [2.24, 2.45) is 0 Å². The Labute approximate surface area is 118 Å². The zero-order valence-electron chi connectivity index (χ0n) is 10.3. The number of hydrogen-bond donors (Lipinski definition) is 0. The molecule has 0 aliphatic heterocycles. The van der Waals surface area contributed by atoms with Crippen LogP contribution in [0.5, 0.6) is 0 Å². The van der Waals surface area contributed by atoms with Gasteiger partial charge < -0.3 is 0 Å². The maximum atomic E-state index is 2.29. The molecule has 0 bridgehead atoms. The minimum Gasteiger partial charge on any atom is -0.144 e. The van der Waals surface area contributed by atoms with Gasteiger partial charge in [0.15, 0.2) is 0 Å². The molecule has 2 heteroatoms. The van der Waals surface area contributed by atoms with E-state index in [2.05, 4.69) is 66.0 Å². The van der Waals surface area contributed by atoms with Crippen LogP contribution in [0.25, 0.3) is 31.2 Å². The number of hydrogen-bond acceptors (Lipinski definition) is 1. The van der Waals surface area contributed by atoms with Gasteiger partial charge in [-0.3, -0.25) is 0 Å². The third-order valence-corrected chi connectivity index (χ3v) is 6.06. The molecule has 0 nitrogen and oxygen atoms in total. The molecule has 0 saturated heterocycles. The van der Waals surface area contributed by atoms with Gasteiger partial charge in [0, 0.05) is 19.6 Å². The third kappa shape index (κ3) is 1.76. The van der Waals surface area contributed by atoms with Crippen LogP contribution in [0.3, 0.4) is 0 Å². The zero-order chi connectivity index (χ0) is 12.7. The molecular weight excluding hydrogens is 264 g/mol. The molecule has 2 aromatic carbocycles. The van der Waals surface area contributed by atoms with Gasteiger partial charge in [-0.1, -0.05) is 54.6 Å². The normalized spacial score (nSPS) is 11.2. The molecule has 0 aliphatic rings. The third-order valence-electron chi connectivity index (χ3n) is 3.54. The van der Waals surface area contributed by atoms with Gasteiger partial charge in [0.2, 0.25) is 0 Å².